The minimum Gasteiger partial charge on any atom is -0.508 e. The number of phenolic OH excluding ortho intramolecular Hbond substituents is 2. The second-order valence-electron chi connectivity index (χ2n) is 5.82. The maximum absolute atomic E-state index is 12.2. The van der Waals surface area contributed by atoms with Crippen molar-refractivity contribution in [1.29, 1.82) is 0 Å². The van der Waals surface area contributed by atoms with Crippen LogP contribution in [0.1, 0.15) is 15.9 Å². The van der Waals surface area contributed by atoms with Gasteiger partial charge in [0.05, 0.1) is 0 Å². The molecule has 0 aliphatic carbocycles. The van der Waals surface area contributed by atoms with E-state index in [0.717, 1.165) is 0 Å². The lowest BCUT2D eigenvalue weighted by molar-refractivity contribution is 0.104. The number of hydrogen-bond donors (Lipinski definition) is 2. The Morgan fingerprint density at radius 3 is 2.21 bits per heavy atom. The molecule has 0 aromatic heterocycles. The molecule has 0 fully saturated rings. The summed E-state index contributed by atoms with van der Waals surface area (Å²) in [6.07, 6.45) is 2.87. The minimum absolute atomic E-state index is 0.0806. The van der Waals surface area contributed by atoms with E-state index in [1.807, 2.05) is 6.07 Å². The largest absolute Gasteiger partial charge is 0.508 e. The quantitative estimate of drug-likeness (QED) is 0.374. The van der Waals surface area contributed by atoms with Gasteiger partial charge in [-0.3, -0.25) is 4.79 Å². The van der Waals surface area contributed by atoms with Crippen LogP contribution in [-0.4, -0.2) is 24.4 Å². The minimum atomic E-state index is -4.17. The van der Waals surface area contributed by atoms with E-state index in [1.165, 1.54) is 54.6 Å². The van der Waals surface area contributed by atoms with E-state index in [-0.39, 0.29) is 22.2 Å². The molecule has 0 atom stereocenters. The van der Waals surface area contributed by atoms with Crippen molar-refractivity contribution in [2.24, 2.45) is 0 Å². The fourth-order valence-electron chi connectivity index (χ4n) is 2.36. The van der Waals surface area contributed by atoms with E-state index >= 15 is 0 Å². The van der Waals surface area contributed by atoms with Gasteiger partial charge in [-0.05, 0) is 48.0 Å². The van der Waals surface area contributed by atoms with E-state index in [4.69, 9.17) is 4.18 Å². The first-order valence-electron chi connectivity index (χ1n) is 8.19. The molecule has 0 saturated heterocycles. The van der Waals surface area contributed by atoms with Crippen LogP contribution < -0.4 is 4.18 Å². The molecule has 28 heavy (non-hydrogen) atoms. The molecule has 0 amide bonds. The van der Waals surface area contributed by atoms with Crippen molar-refractivity contribution < 1.29 is 27.6 Å². The predicted octanol–water partition coefficient (Wildman–Crippen LogP) is 3.76. The molecule has 0 bridgehead atoms. The van der Waals surface area contributed by atoms with Gasteiger partial charge in [-0.25, -0.2) is 0 Å². The molecule has 2 N–H and O–H groups in total. The average molecular weight is 396 g/mol. The fraction of sp³-hybridized carbons (Fsp3) is 0. The molecule has 0 heterocycles. The van der Waals surface area contributed by atoms with Crippen molar-refractivity contribution in [2.75, 3.05) is 0 Å². The highest BCUT2D eigenvalue weighted by atomic mass is 32.2. The van der Waals surface area contributed by atoms with Crippen molar-refractivity contribution in [3.63, 3.8) is 0 Å². The zero-order chi connectivity index (χ0) is 20.1. The first-order valence-corrected chi connectivity index (χ1v) is 9.60. The van der Waals surface area contributed by atoms with Crippen LogP contribution in [0, 0.1) is 0 Å². The molecular formula is C21H16O6S. The van der Waals surface area contributed by atoms with Crippen molar-refractivity contribution in [1.82, 2.24) is 0 Å². The van der Waals surface area contributed by atoms with Gasteiger partial charge in [0.2, 0.25) is 0 Å². The highest BCUT2D eigenvalue weighted by Gasteiger charge is 2.18. The summed E-state index contributed by atoms with van der Waals surface area (Å²) in [5.74, 6) is -0.922. The molecule has 3 aromatic carbocycles. The second-order valence-corrected chi connectivity index (χ2v) is 7.37. The molecule has 0 radical (unpaired) electrons. The van der Waals surface area contributed by atoms with E-state index in [0.29, 0.717) is 11.1 Å². The molecule has 6 nitrogen and oxygen atoms in total. The first-order chi connectivity index (χ1) is 13.3. The summed E-state index contributed by atoms with van der Waals surface area (Å²) in [4.78, 5) is 11.9. The van der Waals surface area contributed by atoms with Crippen LogP contribution in [0.15, 0.2) is 83.8 Å². The highest BCUT2D eigenvalue weighted by Crippen LogP contribution is 2.30. The maximum Gasteiger partial charge on any atom is 0.339 e. The van der Waals surface area contributed by atoms with Crippen LogP contribution in [0.25, 0.3) is 6.08 Å². The number of allylic oxidation sites excluding steroid dienone is 1. The third kappa shape index (κ3) is 4.57. The molecule has 0 aliphatic heterocycles. The smallest absolute Gasteiger partial charge is 0.339 e. The maximum atomic E-state index is 12.2. The lowest BCUT2D eigenvalue weighted by Crippen LogP contribution is -2.09. The Morgan fingerprint density at radius 2 is 1.57 bits per heavy atom. The summed E-state index contributed by atoms with van der Waals surface area (Å²) >= 11 is 0. The van der Waals surface area contributed by atoms with Crippen LogP contribution in [-0.2, 0) is 10.1 Å². The molecule has 0 aliphatic rings. The monoisotopic (exact) mass is 396 g/mol. The van der Waals surface area contributed by atoms with Crippen molar-refractivity contribution in [3.05, 3.63) is 90.0 Å². The number of phenols is 2. The number of ketones is 1. The van der Waals surface area contributed by atoms with E-state index in [1.54, 1.807) is 24.3 Å². The molecule has 7 heteroatoms. The Morgan fingerprint density at radius 1 is 0.893 bits per heavy atom. The molecule has 142 valence electrons. The van der Waals surface area contributed by atoms with Gasteiger partial charge in [0, 0.05) is 5.56 Å². The highest BCUT2D eigenvalue weighted by molar-refractivity contribution is 7.87. The first kappa shape index (κ1) is 19.2. The second kappa shape index (κ2) is 7.98. The summed E-state index contributed by atoms with van der Waals surface area (Å²) in [6.45, 7) is 0. The van der Waals surface area contributed by atoms with Gasteiger partial charge < -0.3 is 14.4 Å². The molecule has 0 saturated carbocycles. The van der Waals surface area contributed by atoms with Crippen LogP contribution in [0.2, 0.25) is 0 Å². The van der Waals surface area contributed by atoms with Gasteiger partial charge in [-0.1, -0.05) is 42.5 Å². The van der Waals surface area contributed by atoms with Crippen molar-refractivity contribution in [3.8, 4) is 17.2 Å². The number of rotatable bonds is 6. The summed E-state index contributed by atoms with van der Waals surface area (Å²) in [5, 5.41) is 19.3. The molecule has 3 aromatic rings. The van der Waals surface area contributed by atoms with E-state index in [9.17, 15) is 23.4 Å². The number of hydrogen-bond acceptors (Lipinski definition) is 6. The fourth-order valence-corrected chi connectivity index (χ4v) is 3.30. The van der Waals surface area contributed by atoms with Crippen LogP contribution in [0.5, 0.6) is 17.2 Å². The van der Waals surface area contributed by atoms with Gasteiger partial charge in [0.25, 0.3) is 0 Å². The Kier molecular flexibility index (Phi) is 5.47. The van der Waals surface area contributed by atoms with Crippen molar-refractivity contribution in [2.45, 2.75) is 4.90 Å². The molecule has 0 spiro atoms. The van der Waals surface area contributed by atoms with Crippen LogP contribution >= 0.6 is 0 Å². The molecule has 0 unspecified atom stereocenters. The zero-order valence-electron chi connectivity index (χ0n) is 14.5. The number of benzene rings is 3. The van der Waals surface area contributed by atoms with Crippen LogP contribution in [0.3, 0.4) is 0 Å². The van der Waals surface area contributed by atoms with Gasteiger partial charge >= 0.3 is 10.1 Å². The normalized spacial score (nSPS) is 11.4. The number of carbonyl (C=O) groups is 1. The van der Waals surface area contributed by atoms with E-state index in [2.05, 4.69) is 0 Å². The van der Waals surface area contributed by atoms with Gasteiger partial charge in [0.15, 0.2) is 17.3 Å². The topological polar surface area (TPSA) is 101 Å². The Balaban J connectivity index is 1.76. The Labute approximate surface area is 162 Å². The van der Waals surface area contributed by atoms with E-state index < -0.39 is 15.9 Å². The summed E-state index contributed by atoms with van der Waals surface area (Å²) < 4.78 is 29.5. The van der Waals surface area contributed by atoms with Crippen LogP contribution in [0.4, 0.5) is 0 Å². The van der Waals surface area contributed by atoms with Crippen molar-refractivity contribution >= 4 is 22.0 Å². The summed E-state index contributed by atoms with van der Waals surface area (Å²) in [5.41, 5.74) is 1.03. The third-order valence-corrected chi connectivity index (χ3v) is 5.04. The standard InChI is InChI=1S/C21H16O6S/c22-17-8-10-18(11-9-17)28(25,26)27-21-13-7-15(14-20(21)24)6-12-19(23)16-4-2-1-3-5-16/h1-14,22,24H/b12-6+. The zero-order valence-corrected chi connectivity index (χ0v) is 15.3. The number of carbonyl (C=O) groups excluding carboxylic acids is 1. The Hall–Kier alpha value is -3.58. The van der Waals surface area contributed by atoms with Gasteiger partial charge in [0.1, 0.15) is 10.6 Å². The average Bonchev–Trinajstić information content (AvgIpc) is 2.69. The molecule has 3 rings (SSSR count). The molecular weight excluding hydrogens is 380 g/mol. The summed E-state index contributed by atoms with van der Waals surface area (Å²) in [7, 11) is -4.17. The SMILES string of the molecule is O=C(/C=C/c1ccc(OS(=O)(=O)c2ccc(O)cc2)c(O)c1)c1ccccc1. The summed E-state index contributed by atoms with van der Waals surface area (Å²) in [6, 6.07) is 17.6. The lowest BCUT2D eigenvalue weighted by Gasteiger charge is -2.09. The van der Waals surface area contributed by atoms with Gasteiger partial charge in [-0.15, -0.1) is 0 Å². The lowest BCUT2D eigenvalue weighted by atomic mass is 10.1. The predicted molar refractivity (Wildman–Crippen MR) is 104 cm³/mol. The third-order valence-electron chi connectivity index (χ3n) is 3.79. The number of aromatic hydroxyl groups is 2. The van der Waals surface area contributed by atoms with Gasteiger partial charge in [-0.2, -0.15) is 8.42 Å². The Bertz CT molecular complexity index is 1120.